The summed E-state index contributed by atoms with van der Waals surface area (Å²) in [6, 6.07) is 0. The minimum absolute atomic E-state index is 0. The van der Waals surface area contributed by atoms with Gasteiger partial charge in [0, 0.05) is 12.4 Å². The molecule has 0 spiro atoms. The number of halogens is 2. The highest BCUT2D eigenvalue weighted by Gasteiger charge is 2.14. The Morgan fingerprint density at radius 1 is 1.50 bits per heavy atom. The molecule has 1 atom stereocenters. The molecule has 1 aliphatic heterocycles. The quantitative estimate of drug-likeness (QED) is 0.650. The molecule has 0 aromatic rings. The minimum atomic E-state index is 0. The van der Waals surface area contributed by atoms with Gasteiger partial charge in [-0.3, -0.25) is 0 Å². The van der Waals surface area contributed by atoms with Crippen molar-refractivity contribution >= 4 is 24.0 Å². The monoisotopic (exact) mass is 211 g/mol. The lowest BCUT2D eigenvalue weighted by molar-refractivity contribution is 0.184. The van der Waals surface area contributed by atoms with E-state index in [1.54, 1.807) is 0 Å². The van der Waals surface area contributed by atoms with Crippen molar-refractivity contribution in [2.75, 3.05) is 25.5 Å². The molecule has 0 radical (unpaired) electrons. The van der Waals surface area contributed by atoms with Crippen molar-refractivity contribution in [1.82, 2.24) is 4.90 Å². The van der Waals surface area contributed by atoms with Crippen molar-refractivity contribution in [3.8, 4) is 0 Å². The van der Waals surface area contributed by atoms with Crippen LogP contribution in [0.2, 0.25) is 0 Å². The Morgan fingerprint density at radius 3 is 2.83 bits per heavy atom. The van der Waals surface area contributed by atoms with Crippen molar-refractivity contribution in [2.45, 2.75) is 26.2 Å². The van der Waals surface area contributed by atoms with Crippen molar-refractivity contribution in [3.05, 3.63) is 0 Å². The van der Waals surface area contributed by atoms with Crippen LogP contribution in [0.25, 0.3) is 0 Å². The number of nitrogens with zero attached hydrogens (tertiary/aromatic N) is 1. The van der Waals surface area contributed by atoms with Crippen molar-refractivity contribution in [3.63, 3.8) is 0 Å². The fraction of sp³-hybridized carbons (Fsp3) is 1.00. The van der Waals surface area contributed by atoms with Crippen LogP contribution in [-0.2, 0) is 0 Å². The van der Waals surface area contributed by atoms with E-state index in [1.165, 1.54) is 32.5 Å². The van der Waals surface area contributed by atoms with Crippen molar-refractivity contribution in [2.24, 2.45) is 5.92 Å². The first-order valence-corrected chi connectivity index (χ1v) is 5.14. The van der Waals surface area contributed by atoms with Gasteiger partial charge >= 0.3 is 0 Å². The van der Waals surface area contributed by atoms with Crippen molar-refractivity contribution in [1.29, 1.82) is 0 Å². The van der Waals surface area contributed by atoms with Gasteiger partial charge in [0.2, 0.25) is 0 Å². The van der Waals surface area contributed by atoms with Gasteiger partial charge in [0.05, 0.1) is 0 Å². The summed E-state index contributed by atoms with van der Waals surface area (Å²) in [4.78, 5) is 2.54. The number of hydrogen-bond acceptors (Lipinski definition) is 1. The highest BCUT2D eigenvalue weighted by molar-refractivity contribution is 6.17. The van der Waals surface area contributed by atoms with E-state index < -0.39 is 0 Å². The van der Waals surface area contributed by atoms with E-state index in [-0.39, 0.29) is 12.4 Å². The average Bonchev–Trinajstić information content (AvgIpc) is 2.01. The van der Waals surface area contributed by atoms with Gasteiger partial charge in [-0.25, -0.2) is 0 Å². The van der Waals surface area contributed by atoms with Gasteiger partial charge in [-0.05, 0) is 38.3 Å². The van der Waals surface area contributed by atoms with E-state index in [9.17, 15) is 0 Å². The first kappa shape index (κ1) is 12.5. The molecule has 1 saturated heterocycles. The standard InChI is InChI=1S/C9H18ClN.ClH/c1-9-4-2-6-11(8-9)7-3-5-10;/h9H,2-8H2,1H3;1H. The molecule has 0 aliphatic carbocycles. The maximum Gasteiger partial charge on any atom is 0.0235 e. The Bertz CT molecular complexity index is 109. The Morgan fingerprint density at radius 2 is 2.25 bits per heavy atom. The maximum atomic E-state index is 5.63. The van der Waals surface area contributed by atoms with Gasteiger partial charge in [-0.2, -0.15) is 0 Å². The summed E-state index contributed by atoms with van der Waals surface area (Å²) in [5, 5.41) is 0. The van der Waals surface area contributed by atoms with Crippen LogP contribution in [-0.4, -0.2) is 30.4 Å². The molecule has 1 fully saturated rings. The molecule has 0 aromatic heterocycles. The summed E-state index contributed by atoms with van der Waals surface area (Å²) in [6.45, 7) is 6.12. The third-order valence-electron chi connectivity index (χ3n) is 2.35. The molecule has 3 heteroatoms. The second kappa shape index (κ2) is 6.99. The predicted molar refractivity (Wildman–Crippen MR) is 57.4 cm³/mol. The lowest BCUT2D eigenvalue weighted by Gasteiger charge is -2.30. The van der Waals surface area contributed by atoms with Crippen LogP contribution < -0.4 is 0 Å². The van der Waals surface area contributed by atoms with Crippen LogP contribution in [0.3, 0.4) is 0 Å². The average molecular weight is 212 g/mol. The molecule has 1 nitrogen and oxygen atoms in total. The zero-order chi connectivity index (χ0) is 8.10. The molecule has 0 aromatic carbocycles. The lowest BCUT2D eigenvalue weighted by Crippen LogP contribution is -2.35. The smallest absolute Gasteiger partial charge is 0.0235 e. The number of likely N-dealkylation sites (tertiary alicyclic amines) is 1. The minimum Gasteiger partial charge on any atom is -0.303 e. The molecule has 0 saturated carbocycles. The number of hydrogen-bond donors (Lipinski definition) is 0. The summed E-state index contributed by atoms with van der Waals surface area (Å²) < 4.78 is 0. The molecule has 1 aliphatic rings. The first-order valence-electron chi connectivity index (χ1n) is 4.61. The SMILES string of the molecule is CC1CCCN(CCCCl)C1.Cl. The predicted octanol–water partition coefficient (Wildman–Crippen LogP) is 2.77. The summed E-state index contributed by atoms with van der Waals surface area (Å²) in [7, 11) is 0. The number of piperidine rings is 1. The van der Waals surface area contributed by atoms with Gasteiger partial charge in [-0.1, -0.05) is 6.92 Å². The third kappa shape index (κ3) is 4.54. The number of rotatable bonds is 3. The van der Waals surface area contributed by atoms with Crippen molar-refractivity contribution < 1.29 is 0 Å². The Kier molecular flexibility index (Phi) is 7.31. The van der Waals surface area contributed by atoms with E-state index in [2.05, 4.69) is 11.8 Å². The van der Waals surface area contributed by atoms with E-state index in [1.807, 2.05) is 0 Å². The summed E-state index contributed by atoms with van der Waals surface area (Å²) in [6.07, 6.45) is 3.94. The molecule has 1 heterocycles. The second-order valence-electron chi connectivity index (χ2n) is 3.59. The van der Waals surface area contributed by atoms with Crippen LogP contribution in [0.5, 0.6) is 0 Å². The molecular formula is C9H19Cl2N. The van der Waals surface area contributed by atoms with Crippen LogP contribution in [0.1, 0.15) is 26.2 Å². The molecule has 0 amide bonds. The molecule has 74 valence electrons. The normalized spacial score (nSPS) is 25.0. The molecule has 12 heavy (non-hydrogen) atoms. The maximum absolute atomic E-state index is 5.63. The van der Waals surface area contributed by atoms with E-state index >= 15 is 0 Å². The van der Waals surface area contributed by atoms with E-state index in [4.69, 9.17) is 11.6 Å². The second-order valence-corrected chi connectivity index (χ2v) is 3.97. The summed E-state index contributed by atoms with van der Waals surface area (Å²) in [5.74, 6) is 1.71. The topological polar surface area (TPSA) is 3.24 Å². The zero-order valence-corrected chi connectivity index (χ0v) is 9.33. The molecule has 0 N–H and O–H groups in total. The van der Waals surface area contributed by atoms with Gasteiger partial charge in [-0.15, -0.1) is 24.0 Å². The van der Waals surface area contributed by atoms with Gasteiger partial charge in [0.1, 0.15) is 0 Å². The molecule has 1 unspecified atom stereocenters. The highest BCUT2D eigenvalue weighted by atomic mass is 35.5. The Hall–Kier alpha value is 0.540. The van der Waals surface area contributed by atoms with Gasteiger partial charge in [0.25, 0.3) is 0 Å². The molecule has 0 bridgehead atoms. The molecule has 1 rings (SSSR count). The van der Waals surface area contributed by atoms with Crippen LogP contribution >= 0.6 is 24.0 Å². The van der Waals surface area contributed by atoms with Gasteiger partial charge in [0.15, 0.2) is 0 Å². The fourth-order valence-corrected chi connectivity index (χ4v) is 1.89. The summed E-state index contributed by atoms with van der Waals surface area (Å²) >= 11 is 5.63. The van der Waals surface area contributed by atoms with Crippen LogP contribution in [0, 0.1) is 5.92 Å². The van der Waals surface area contributed by atoms with Crippen LogP contribution in [0.15, 0.2) is 0 Å². The lowest BCUT2D eigenvalue weighted by atomic mass is 10.0. The Labute approximate surface area is 86.9 Å². The first-order chi connectivity index (χ1) is 5.33. The van der Waals surface area contributed by atoms with E-state index in [0.29, 0.717) is 0 Å². The number of alkyl halides is 1. The van der Waals surface area contributed by atoms with Gasteiger partial charge < -0.3 is 4.90 Å². The van der Waals surface area contributed by atoms with Crippen LogP contribution in [0.4, 0.5) is 0 Å². The summed E-state index contributed by atoms with van der Waals surface area (Å²) in [5.41, 5.74) is 0. The highest BCUT2D eigenvalue weighted by Crippen LogP contribution is 2.15. The molecular weight excluding hydrogens is 193 g/mol. The largest absolute Gasteiger partial charge is 0.303 e. The fourth-order valence-electron chi connectivity index (χ4n) is 1.77. The third-order valence-corrected chi connectivity index (χ3v) is 2.62. The zero-order valence-electron chi connectivity index (χ0n) is 7.76. The van der Waals surface area contributed by atoms with E-state index in [0.717, 1.165) is 18.2 Å². The Balaban J connectivity index is 0.00000121.